The molecule has 0 spiro atoms. The van der Waals surface area contributed by atoms with Crippen molar-refractivity contribution in [1.82, 2.24) is 10.2 Å². The second kappa shape index (κ2) is 5.14. The normalized spacial score (nSPS) is 26.6. The van der Waals surface area contributed by atoms with Gasteiger partial charge in [0.05, 0.1) is 5.54 Å². The number of hydrogen-bond donors (Lipinski definition) is 1. The van der Waals surface area contributed by atoms with Gasteiger partial charge in [-0.2, -0.15) is 0 Å². The van der Waals surface area contributed by atoms with E-state index in [1.165, 1.54) is 30.5 Å². The van der Waals surface area contributed by atoms with Gasteiger partial charge in [0.15, 0.2) is 0 Å². The van der Waals surface area contributed by atoms with Crippen molar-refractivity contribution in [3.63, 3.8) is 0 Å². The number of rotatable bonds is 4. The number of nitrogens with zero attached hydrogens (tertiary/aromatic N) is 1. The monoisotopic (exact) mass is 260 g/mol. The van der Waals surface area contributed by atoms with Crippen molar-refractivity contribution in [1.29, 1.82) is 0 Å². The van der Waals surface area contributed by atoms with Crippen molar-refractivity contribution in [3.05, 3.63) is 29.3 Å². The van der Waals surface area contributed by atoms with E-state index in [9.17, 15) is 0 Å². The van der Waals surface area contributed by atoms with Gasteiger partial charge in [0, 0.05) is 13.1 Å². The second-order valence-electron chi connectivity index (χ2n) is 6.00. The maximum Gasteiger partial charge on any atom is 0.119 e. The largest absolute Gasteiger partial charge is 0.492 e. The molecule has 3 nitrogen and oxygen atoms in total. The fraction of sp³-hybridized carbons (Fsp3) is 0.625. The average molecular weight is 260 g/mol. The first-order valence-corrected chi connectivity index (χ1v) is 7.42. The molecule has 0 bridgehead atoms. The van der Waals surface area contributed by atoms with E-state index in [1.807, 2.05) is 0 Å². The van der Waals surface area contributed by atoms with E-state index in [0.717, 1.165) is 32.0 Å². The second-order valence-corrected chi connectivity index (χ2v) is 6.00. The van der Waals surface area contributed by atoms with E-state index in [-0.39, 0.29) is 5.54 Å². The molecule has 1 aromatic carbocycles. The molecule has 2 aliphatic rings. The minimum absolute atomic E-state index is 0.214. The lowest BCUT2D eigenvalue weighted by atomic mass is 10.0. The molecule has 0 radical (unpaired) electrons. The van der Waals surface area contributed by atoms with E-state index >= 15 is 0 Å². The van der Waals surface area contributed by atoms with Crippen LogP contribution in [0.3, 0.4) is 0 Å². The summed E-state index contributed by atoms with van der Waals surface area (Å²) in [7, 11) is 0. The van der Waals surface area contributed by atoms with Crippen molar-refractivity contribution in [2.75, 3.05) is 19.7 Å². The zero-order chi connectivity index (χ0) is 13.3. The van der Waals surface area contributed by atoms with Gasteiger partial charge >= 0.3 is 0 Å². The van der Waals surface area contributed by atoms with Gasteiger partial charge in [-0.05, 0) is 56.1 Å². The molecule has 0 aromatic heterocycles. The summed E-state index contributed by atoms with van der Waals surface area (Å²) in [5.74, 6) is 1.02. The van der Waals surface area contributed by atoms with Crippen LogP contribution in [-0.4, -0.2) is 30.1 Å². The Labute approximate surface area is 115 Å². The topological polar surface area (TPSA) is 24.5 Å². The van der Waals surface area contributed by atoms with Crippen LogP contribution in [0.25, 0.3) is 0 Å². The van der Waals surface area contributed by atoms with Crippen LogP contribution in [0, 0.1) is 0 Å². The first-order chi connectivity index (χ1) is 9.21. The number of likely N-dealkylation sites (N-methyl/N-ethyl adjacent to an activating group) is 1. The van der Waals surface area contributed by atoms with Gasteiger partial charge in [0.1, 0.15) is 12.4 Å². The number of ether oxygens (including phenoxy) is 1. The molecule has 0 saturated carbocycles. The number of benzene rings is 1. The summed E-state index contributed by atoms with van der Waals surface area (Å²) in [6.07, 6.45) is 2.54. The van der Waals surface area contributed by atoms with Crippen LogP contribution in [0.15, 0.2) is 18.2 Å². The van der Waals surface area contributed by atoms with Crippen molar-refractivity contribution >= 4 is 0 Å². The average Bonchev–Trinajstić information content (AvgIpc) is 3.02. The first kappa shape index (κ1) is 12.9. The van der Waals surface area contributed by atoms with Crippen LogP contribution in [-0.2, 0) is 13.1 Å². The van der Waals surface area contributed by atoms with Gasteiger partial charge in [0.2, 0.25) is 0 Å². The van der Waals surface area contributed by atoms with Crippen molar-refractivity contribution in [3.8, 4) is 5.75 Å². The number of likely N-dealkylation sites (tertiary alicyclic amines) is 1. The summed E-state index contributed by atoms with van der Waals surface area (Å²) in [5.41, 5.74) is 3.02. The Kier molecular flexibility index (Phi) is 3.50. The minimum atomic E-state index is 0.214. The maximum atomic E-state index is 6.08. The van der Waals surface area contributed by atoms with Crippen LogP contribution < -0.4 is 10.1 Å². The Hall–Kier alpha value is -1.06. The SMILES string of the molecule is CCN1CCCC1(C)COc1ccc2c(c1)CNC2. The number of nitrogens with one attached hydrogen (secondary N) is 1. The lowest BCUT2D eigenvalue weighted by molar-refractivity contribution is 0.0958. The molecular formula is C16H24N2O. The van der Waals surface area contributed by atoms with Gasteiger partial charge in [-0.3, -0.25) is 4.90 Å². The van der Waals surface area contributed by atoms with Crippen LogP contribution in [0.5, 0.6) is 5.75 Å². The smallest absolute Gasteiger partial charge is 0.119 e. The Morgan fingerprint density at radius 2 is 2.16 bits per heavy atom. The number of fused-ring (bicyclic) bond motifs is 1. The van der Waals surface area contributed by atoms with Gasteiger partial charge in [-0.1, -0.05) is 13.0 Å². The van der Waals surface area contributed by atoms with Gasteiger partial charge in [-0.25, -0.2) is 0 Å². The standard InChI is InChI=1S/C16H24N2O/c1-3-18-8-4-7-16(18,2)12-19-15-6-5-13-10-17-11-14(13)9-15/h5-6,9,17H,3-4,7-8,10-12H2,1-2H3. The maximum absolute atomic E-state index is 6.08. The predicted octanol–water partition coefficient (Wildman–Crippen LogP) is 2.54. The molecule has 1 N–H and O–H groups in total. The molecule has 1 atom stereocenters. The van der Waals surface area contributed by atoms with Crippen LogP contribution in [0.4, 0.5) is 0 Å². The lowest BCUT2D eigenvalue weighted by Gasteiger charge is -2.34. The van der Waals surface area contributed by atoms with Crippen molar-refractivity contribution < 1.29 is 4.74 Å². The summed E-state index contributed by atoms with van der Waals surface area (Å²) >= 11 is 0. The lowest BCUT2D eigenvalue weighted by Crippen LogP contribution is -2.45. The van der Waals surface area contributed by atoms with Crippen molar-refractivity contribution in [2.45, 2.75) is 45.3 Å². The number of hydrogen-bond acceptors (Lipinski definition) is 3. The zero-order valence-corrected chi connectivity index (χ0v) is 12.0. The molecule has 1 aromatic rings. The summed E-state index contributed by atoms with van der Waals surface area (Å²) in [5, 5.41) is 3.37. The summed E-state index contributed by atoms with van der Waals surface area (Å²) < 4.78 is 6.08. The fourth-order valence-electron chi connectivity index (χ4n) is 3.38. The molecule has 1 saturated heterocycles. The minimum Gasteiger partial charge on any atom is -0.492 e. The third-order valence-electron chi connectivity index (χ3n) is 4.65. The first-order valence-electron chi connectivity index (χ1n) is 7.42. The fourth-order valence-corrected chi connectivity index (χ4v) is 3.38. The Morgan fingerprint density at radius 3 is 3.00 bits per heavy atom. The van der Waals surface area contributed by atoms with Crippen LogP contribution in [0.1, 0.15) is 37.8 Å². The van der Waals surface area contributed by atoms with E-state index in [0.29, 0.717) is 0 Å². The van der Waals surface area contributed by atoms with Crippen LogP contribution in [0.2, 0.25) is 0 Å². The Balaban J connectivity index is 1.66. The molecule has 19 heavy (non-hydrogen) atoms. The molecular weight excluding hydrogens is 236 g/mol. The molecule has 2 heterocycles. The molecule has 104 valence electrons. The highest BCUT2D eigenvalue weighted by atomic mass is 16.5. The van der Waals surface area contributed by atoms with Crippen molar-refractivity contribution in [2.24, 2.45) is 0 Å². The molecule has 1 fully saturated rings. The van der Waals surface area contributed by atoms with Crippen LogP contribution >= 0.6 is 0 Å². The van der Waals surface area contributed by atoms with E-state index in [2.05, 4.69) is 42.3 Å². The zero-order valence-electron chi connectivity index (χ0n) is 12.0. The van der Waals surface area contributed by atoms with E-state index in [1.54, 1.807) is 0 Å². The highest BCUT2D eigenvalue weighted by Gasteiger charge is 2.36. The third-order valence-corrected chi connectivity index (χ3v) is 4.65. The molecule has 1 unspecified atom stereocenters. The summed E-state index contributed by atoms with van der Waals surface area (Å²) in [6, 6.07) is 6.50. The van der Waals surface area contributed by atoms with E-state index in [4.69, 9.17) is 4.74 Å². The Bertz CT molecular complexity index is 460. The molecule has 0 amide bonds. The predicted molar refractivity (Wildman–Crippen MR) is 77.4 cm³/mol. The summed E-state index contributed by atoms with van der Waals surface area (Å²) in [6.45, 7) is 9.68. The Morgan fingerprint density at radius 1 is 1.32 bits per heavy atom. The quantitative estimate of drug-likeness (QED) is 0.900. The van der Waals surface area contributed by atoms with Gasteiger partial charge in [-0.15, -0.1) is 0 Å². The van der Waals surface area contributed by atoms with Gasteiger partial charge in [0.25, 0.3) is 0 Å². The molecule has 2 aliphatic heterocycles. The molecule has 3 heteroatoms. The molecule has 0 aliphatic carbocycles. The summed E-state index contributed by atoms with van der Waals surface area (Å²) in [4.78, 5) is 2.54. The van der Waals surface area contributed by atoms with E-state index < -0.39 is 0 Å². The van der Waals surface area contributed by atoms with Gasteiger partial charge < -0.3 is 10.1 Å². The third kappa shape index (κ3) is 2.49. The highest BCUT2D eigenvalue weighted by molar-refractivity contribution is 5.37. The highest BCUT2D eigenvalue weighted by Crippen LogP contribution is 2.30. The molecule has 3 rings (SSSR count).